The first-order valence-corrected chi connectivity index (χ1v) is 12.4. The van der Waals surface area contributed by atoms with Gasteiger partial charge >= 0.3 is 11.9 Å². The number of esters is 1. The van der Waals surface area contributed by atoms with Crippen LogP contribution in [-0.4, -0.2) is 73.4 Å². The van der Waals surface area contributed by atoms with Crippen LogP contribution in [0.3, 0.4) is 0 Å². The predicted octanol–water partition coefficient (Wildman–Crippen LogP) is 1.25. The molecule has 0 bridgehead atoms. The summed E-state index contributed by atoms with van der Waals surface area (Å²) in [5, 5.41) is 14.2. The minimum atomic E-state index is -1.32. The molecule has 13 nitrogen and oxygen atoms in total. The molecule has 196 valence electrons. The van der Waals surface area contributed by atoms with Crippen LogP contribution in [0.1, 0.15) is 23.1 Å². The molecule has 2 atom stereocenters. The number of aliphatic carboxylic acids is 1. The summed E-state index contributed by atoms with van der Waals surface area (Å²) >= 11 is 1.26. The third-order valence-electron chi connectivity index (χ3n) is 5.95. The van der Waals surface area contributed by atoms with Crippen LogP contribution >= 0.6 is 11.8 Å². The van der Waals surface area contributed by atoms with E-state index in [1.54, 1.807) is 18.2 Å². The summed E-state index contributed by atoms with van der Waals surface area (Å²) in [6.07, 6.45) is 1.12. The SMILES string of the molecule is CC(=O)OCC1=C(C(=O)O)N2C(=O)C(NC(=O)Cc3ccoc3NC(=O)c3nc4ccccc4[nH]3)[C@@H]2SC1. The van der Waals surface area contributed by atoms with E-state index in [4.69, 9.17) is 9.15 Å². The van der Waals surface area contributed by atoms with Crippen molar-refractivity contribution in [1.82, 2.24) is 20.2 Å². The number of thioether (sulfide) groups is 1. The van der Waals surface area contributed by atoms with Crippen molar-refractivity contribution in [2.75, 3.05) is 17.7 Å². The number of ether oxygens (including phenoxy) is 1. The van der Waals surface area contributed by atoms with Gasteiger partial charge in [-0.3, -0.25) is 29.4 Å². The van der Waals surface area contributed by atoms with Crippen LogP contribution in [-0.2, 0) is 30.3 Å². The van der Waals surface area contributed by atoms with Gasteiger partial charge in [-0.15, -0.1) is 11.8 Å². The van der Waals surface area contributed by atoms with Crippen LogP contribution in [0.15, 0.2) is 52.3 Å². The van der Waals surface area contributed by atoms with Gasteiger partial charge in [-0.25, -0.2) is 9.78 Å². The lowest BCUT2D eigenvalue weighted by Crippen LogP contribution is -2.70. The number of hydrogen-bond acceptors (Lipinski definition) is 9. The van der Waals surface area contributed by atoms with Gasteiger partial charge in [-0.05, 0) is 18.2 Å². The molecule has 1 unspecified atom stereocenters. The first-order valence-electron chi connectivity index (χ1n) is 11.4. The molecule has 1 fully saturated rings. The van der Waals surface area contributed by atoms with Crippen LogP contribution < -0.4 is 10.6 Å². The highest BCUT2D eigenvalue weighted by molar-refractivity contribution is 8.00. The van der Waals surface area contributed by atoms with Crippen molar-refractivity contribution in [1.29, 1.82) is 0 Å². The van der Waals surface area contributed by atoms with E-state index in [2.05, 4.69) is 20.6 Å². The molecule has 0 saturated carbocycles. The number of rotatable bonds is 8. The van der Waals surface area contributed by atoms with Gasteiger partial charge < -0.3 is 24.6 Å². The van der Waals surface area contributed by atoms with Crippen molar-refractivity contribution < 1.29 is 38.2 Å². The Morgan fingerprint density at radius 3 is 2.79 bits per heavy atom. The summed E-state index contributed by atoms with van der Waals surface area (Å²) < 4.78 is 10.2. The topological polar surface area (TPSA) is 184 Å². The summed E-state index contributed by atoms with van der Waals surface area (Å²) in [5.41, 5.74) is 1.75. The Morgan fingerprint density at radius 1 is 1.26 bits per heavy atom. The molecule has 3 amide bonds. The van der Waals surface area contributed by atoms with Crippen molar-refractivity contribution in [3.05, 3.63) is 59.3 Å². The number of carboxylic acids is 1. The van der Waals surface area contributed by atoms with Crippen molar-refractivity contribution in [3.63, 3.8) is 0 Å². The number of benzene rings is 1. The summed E-state index contributed by atoms with van der Waals surface area (Å²) in [7, 11) is 0. The Kier molecular flexibility index (Phi) is 6.63. The Hall–Kier alpha value is -4.59. The fourth-order valence-corrected chi connectivity index (χ4v) is 5.51. The summed E-state index contributed by atoms with van der Waals surface area (Å²) in [6, 6.07) is 7.74. The van der Waals surface area contributed by atoms with E-state index < -0.39 is 41.1 Å². The summed E-state index contributed by atoms with van der Waals surface area (Å²) in [6.45, 7) is 0.969. The number of carboxylic acid groups (broad SMARTS) is 1. The molecular weight excluding hydrogens is 518 g/mol. The number of β-lactam (4-membered cyclic amide) rings is 1. The van der Waals surface area contributed by atoms with Crippen molar-refractivity contribution in [2.45, 2.75) is 24.8 Å². The Morgan fingerprint density at radius 2 is 2.05 bits per heavy atom. The number of carbonyl (C=O) groups excluding carboxylic acids is 4. The minimum Gasteiger partial charge on any atom is -0.477 e. The molecule has 38 heavy (non-hydrogen) atoms. The van der Waals surface area contributed by atoms with Gasteiger partial charge in [-0.1, -0.05) is 12.1 Å². The molecule has 1 saturated heterocycles. The zero-order valence-corrected chi connectivity index (χ0v) is 20.7. The number of nitrogens with one attached hydrogen (secondary N) is 3. The molecule has 0 radical (unpaired) electrons. The number of para-hydroxylation sites is 2. The first kappa shape index (κ1) is 25.1. The molecule has 5 rings (SSSR count). The molecule has 2 aliphatic rings. The minimum absolute atomic E-state index is 0.0606. The van der Waals surface area contributed by atoms with Crippen molar-refractivity contribution in [3.8, 4) is 0 Å². The highest BCUT2D eigenvalue weighted by Gasteiger charge is 2.54. The van der Waals surface area contributed by atoms with Crippen LogP contribution in [0.4, 0.5) is 5.88 Å². The number of hydrogen-bond donors (Lipinski definition) is 4. The second-order valence-corrected chi connectivity index (χ2v) is 9.61. The van der Waals surface area contributed by atoms with Gasteiger partial charge in [0.1, 0.15) is 23.7 Å². The highest BCUT2D eigenvalue weighted by Crippen LogP contribution is 2.40. The van der Waals surface area contributed by atoms with Crippen molar-refractivity contribution in [2.24, 2.45) is 0 Å². The number of fused-ring (bicyclic) bond motifs is 2. The molecule has 0 aliphatic carbocycles. The van der Waals surface area contributed by atoms with Gasteiger partial charge in [0.2, 0.25) is 11.8 Å². The number of anilines is 1. The number of aromatic nitrogens is 2. The molecule has 14 heteroatoms. The fourth-order valence-electron chi connectivity index (χ4n) is 4.19. The maximum absolute atomic E-state index is 12.8. The zero-order chi connectivity index (χ0) is 27.0. The summed E-state index contributed by atoms with van der Waals surface area (Å²) in [5.74, 6) is -3.20. The third-order valence-corrected chi connectivity index (χ3v) is 7.28. The second-order valence-electron chi connectivity index (χ2n) is 8.50. The third kappa shape index (κ3) is 4.72. The quantitative estimate of drug-likeness (QED) is 0.240. The average Bonchev–Trinajstić information content (AvgIpc) is 3.52. The standard InChI is InChI=1S/C24H21N5O8S/c1-11(30)37-9-13-10-38-23-17(22(33)29(23)18(13)24(34)35)27-16(31)8-12-6-7-36-21(12)28-20(32)19-25-14-4-2-3-5-15(14)26-19/h2-7,17,23H,8-10H2,1H3,(H,25,26)(H,27,31)(H,28,32)(H,34,35)/t17?,23-/m0/s1. The highest BCUT2D eigenvalue weighted by atomic mass is 32.2. The van der Waals surface area contributed by atoms with Crippen LogP contribution in [0.5, 0.6) is 0 Å². The van der Waals surface area contributed by atoms with Gasteiger partial charge in [0.15, 0.2) is 5.82 Å². The van der Waals surface area contributed by atoms with Gasteiger partial charge in [0, 0.05) is 23.8 Å². The number of H-pyrrole nitrogens is 1. The lowest BCUT2D eigenvalue weighted by atomic mass is 10.0. The first-order chi connectivity index (χ1) is 18.2. The van der Waals surface area contributed by atoms with Crippen LogP contribution in [0.25, 0.3) is 11.0 Å². The molecule has 0 spiro atoms. The maximum atomic E-state index is 12.8. The number of imidazole rings is 1. The fraction of sp³-hybridized carbons (Fsp3) is 0.250. The predicted molar refractivity (Wildman–Crippen MR) is 133 cm³/mol. The molecule has 2 aliphatic heterocycles. The van der Waals surface area contributed by atoms with E-state index in [1.807, 2.05) is 6.07 Å². The molecule has 3 aromatic rings. The zero-order valence-electron chi connectivity index (χ0n) is 19.8. The van der Waals surface area contributed by atoms with Gasteiger partial charge in [0.05, 0.1) is 23.7 Å². The lowest BCUT2D eigenvalue weighted by Gasteiger charge is -2.49. The van der Waals surface area contributed by atoms with E-state index in [9.17, 15) is 29.1 Å². The van der Waals surface area contributed by atoms with E-state index in [0.29, 0.717) is 22.2 Å². The van der Waals surface area contributed by atoms with E-state index in [1.165, 1.54) is 31.0 Å². The Labute approximate surface area is 218 Å². The summed E-state index contributed by atoms with van der Waals surface area (Å²) in [4.78, 5) is 69.4. The average molecular weight is 540 g/mol. The Bertz CT molecular complexity index is 1470. The van der Waals surface area contributed by atoms with Crippen molar-refractivity contribution >= 4 is 58.3 Å². The lowest BCUT2D eigenvalue weighted by molar-refractivity contribution is -0.151. The van der Waals surface area contributed by atoms with Crippen LogP contribution in [0.2, 0.25) is 0 Å². The number of carbonyl (C=O) groups is 5. The smallest absolute Gasteiger partial charge is 0.352 e. The normalized spacial score (nSPS) is 18.6. The number of nitrogens with zero attached hydrogens (tertiary/aromatic N) is 2. The molecule has 1 aromatic carbocycles. The van der Waals surface area contributed by atoms with Gasteiger partial charge in [-0.2, -0.15) is 0 Å². The van der Waals surface area contributed by atoms with E-state index in [0.717, 1.165) is 4.90 Å². The Balaban J connectivity index is 1.22. The number of aromatic amines is 1. The second kappa shape index (κ2) is 10.0. The number of amides is 3. The molecule has 4 heterocycles. The monoisotopic (exact) mass is 539 g/mol. The molecular formula is C24H21N5O8S. The van der Waals surface area contributed by atoms with E-state index in [-0.39, 0.29) is 36.2 Å². The maximum Gasteiger partial charge on any atom is 0.352 e. The van der Waals surface area contributed by atoms with E-state index >= 15 is 0 Å². The molecule has 2 aromatic heterocycles. The van der Waals surface area contributed by atoms with Gasteiger partial charge in [0.25, 0.3) is 11.8 Å². The van der Waals surface area contributed by atoms with Crippen LogP contribution in [0, 0.1) is 0 Å². The number of furan rings is 1. The molecule has 4 N–H and O–H groups in total. The largest absolute Gasteiger partial charge is 0.477 e.